The van der Waals surface area contributed by atoms with Gasteiger partial charge in [0, 0.05) is 0 Å². The third kappa shape index (κ3) is 2.33. The number of hydrogen-bond acceptors (Lipinski definition) is 0. The molecule has 8 aliphatic rings. The van der Waals surface area contributed by atoms with Gasteiger partial charge in [-0.05, 0) is 0 Å². The quantitative estimate of drug-likeness (QED) is 0.514. The zero-order chi connectivity index (χ0) is 16.2. The molecule has 8 saturated carbocycles. The second-order valence-electron chi connectivity index (χ2n) is 11.0. The molecule has 1 heterocycles. The van der Waals surface area contributed by atoms with Crippen molar-refractivity contribution in [1.29, 1.82) is 0 Å². The Bertz CT molecular complexity index is 597. The predicted octanol–water partition coefficient (Wildman–Crippen LogP) is 3.44. The molecule has 8 fully saturated rings. The molecule has 5 heteroatoms. The summed E-state index contributed by atoms with van der Waals surface area (Å²) in [5.41, 5.74) is 1.43. The summed E-state index contributed by atoms with van der Waals surface area (Å²) in [6, 6.07) is 0. The summed E-state index contributed by atoms with van der Waals surface area (Å²) in [7, 11) is 0. The molecule has 0 N–H and O–H groups in total. The molecule has 25 heavy (non-hydrogen) atoms. The number of aromatic nitrogens is 2. The van der Waals surface area contributed by atoms with E-state index in [1.807, 2.05) is 0 Å². The van der Waals surface area contributed by atoms with Gasteiger partial charge in [-0.25, -0.2) is 0 Å². The van der Waals surface area contributed by atoms with Gasteiger partial charge in [0.2, 0.25) is 0 Å². The van der Waals surface area contributed by atoms with Crippen LogP contribution in [0.1, 0.15) is 77.0 Å². The molecule has 1 aromatic rings. The Hall–Kier alpha value is 1.16. The topological polar surface area (TPSA) is 9.86 Å². The maximum absolute atomic E-state index is 3.19. The van der Waals surface area contributed by atoms with E-state index >= 15 is 0 Å². The second-order valence-corrected chi connectivity index (χ2v) is 20.7. The van der Waals surface area contributed by atoms with Crippen LogP contribution in [-0.4, -0.2) is 45.8 Å². The van der Waals surface area contributed by atoms with Gasteiger partial charge in [0.25, 0.3) is 0 Å². The van der Waals surface area contributed by atoms with Crippen LogP contribution in [0.25, 0.3) is 0 Å². The first-order chi connectivity index (χ1) is 12.2. The fourth-order valence-corrected chi connectivity index (χ4v) is 27.1. The average molecular weight is 535 g/mol. The molecule has 0 aromatic carbocycles. The summed E-state index contributed by atoms with van der Waals surface area (Å²) in [6.07, 6.45) is 19.3. The first-order valence-electron chi connectivity index (χ1n) is 10.8. The van der Waals surface area contributed by atoms with Crippen molar-refractivity contribution in [3.05, 3.63) is 0 Å². The second kappa shape index (κ2) is 5.40. The van der Waals surface area contributed by atoms with Gasteiger partial charge in [-0.2, -0.15) is 0 Å². The molecule has 138 valence electrons. The van der Waals surface area contributed by atoms with E-state index in [0.717, 1.165) is 76.2 Å². The first kappa shape index (κ1) is 16.0. The molecule has 1 aromatic heterocycles. The third-order valence-corrected chi connectivity index (χ3v) is 25.7. The molecule has 0 saturated heterocycles. The van der Waals surface area contributed by atoms with Gasteiger partial charge in [0.05, 0.1) is 0 Å². The molecule has 0 aliphatic heterocycles. The Morgan fingerprint density at radius 2 is 0.760 bits per heavy atom. The van der Waals surface area contributed by atoms with Crippen molar-refractivity contribution < 1.29 is 0 Å². The van der Waals surface area contributed by atoms with Crippen LogP contribution < -0.4 is 0 Å². The minimum absolute atomic E-state index is 0.716. The van der Waals surface area contributed by atoms with Crippen LogP contribution in [0.3, 0.4) is 0 Å². The van der Waals surface area contributed by atoms with Crippen molar-refractivity contribution in [2.24, 2.45) is 35.5 Å². The van der Waals surface area contributed by atoms with E-state index in [9.17, 15) is 0 Å². The van der Waals surface area contributed by atoms with Crippen molar-refractivity contribution in [3.63, 3.8) is 0 Å². The van der Waals surface area contributed by atoms with Gasteiger partial charge in [-0.3, -0.25) is 0 Å². The molecule has 0 amide bonds. The summed E-state index contributed by atoms with van der Waals surface area (Å²) < 4.78 is 6.38. The van der Waals surface area contributed by atoms with E-state index in [0.29, 0.717) is 11.1 Å². The number of hydrogen-bond donors (Lipinski definition) is 0. The molecule has 8 bridgehead atoms. The van der Waals surface area contributed by atoms with Crippen molar-refractivity contribution in [2.75, 3.05) is 0 Å². The summed E-state index contributed by atoms with van der Waals surface area (Å²) in [4.78, 5) is 0. The Morgan fingerprint density at radius 1 is 0.480 bits per heavy atom. The zero-order valence-electron chi connectivity index (χ0n) is 15.1. The van der Waals surface area contributed by atoms with Gasteiger partial charge >= 0.3 is 169 Å². The summed E-state index contributed by atoms with van der Waals surface area (Å²) >= 11 is 2.42. The van der Waals surface area contributed by atoms with E-state index in [-0.39, 0.29) is 0 Å². The van der Waals surface area contributed by atoms with Crippen LogP contribution in [0, 0.1) is 35.5 Å². The van der Waals surface area contributed by atoms with E-state index in [1.165, 1.54) is 0 Å². The molecule has 2 nitrogen and oxygen atoms in total. The van der Waals surface area contributed by atoms with E-state index in [4.69, 9.17) is 0 Å². The standard InChI is InChI=1S/C20H30N2Se3/c1-13-2-15-3-14(1)8-19(7-13,9-15)21-23-22(25-24-21)20-10-16-4-17(11-20)6-18(5-16)12-20/h13-18H,1-12H2. The molecule has 0 spiro atoms. The van der Waals surface area contributed by atoms with Crippen LogP contribution in [0.15, 0.2) is 0 Å². The van der Waals surface area contributed by atoms with Gasteiger partial charge in [0.1, 0.15) is 0 Å². The number of rotatable bonds is 2. The van der Waals surface area contributed by atoms with E-state index in [2.05, 4.69) is 5.12 Å². The SMILES string of the molecule is C1C2CC3CC1CC(n1[se][se]n(C45CC6CC(CC(C6)C4)C5)[se]1)(C2)C3. The summed E-state index contributed by atoms with van der Waals surface area (Å²) in [5, 5.41) is 0. The third-order valence-electron chi connectivity index (χ3n) is 9.10. The Morgan fingerprint density at radius 3 is 1.04 bits per heavy atom. The van der Waals surface area contributed by atoms with Crippen LogP contribution >= 0.6 is 0 Å². The Labute approximate surface area is 168 Å². The zero-order valence-corrected chi connectivity index (χ0v) is 20.2. The van der Waals surface area contributed by atoms with Gasteiger partial charge in [-0.15, -0.1) is 0 Å². The van der Waals surface area contributed by atoms with Crippen LogP contribution in [0.5, 0.6) is 0 Å². The van der Waals surface area contributed by atoms with Crippen molar-refractivity contribution in [2.45, 2.75) is 88.1 Å². The Balaban J connectivity index is 1.25. The number of nitrogens with zero attached hydrogens (tertiary/aromatic N) is 2. The monoisotopic (exact) mass is 538 g/mol. The average Bonchev–Trinajstić information content (AvgIpc) is 3.04. The van der Waals surface area contributed by atoms with Gasteiger partial charge in [-0.1, -0.05) is 0 Å². The molecule has 8 aliphatic carbocycles. The van der Waals surface area contributed by atoms with Crippen molar-refractivity contribution >= 4 is 40.7 Å². The molecule has 0 atom stereocenters. The molecular formula is C20H30N2Se3. The Kier molecular flexibility index (Phi) is 3.46. The van der Waals surface area contributed by atoms with E-state index < -0.39 is 0 Å². The molecular weight excluding hydrogens is 505 g/mol. The molecule has 0 radical (unpaired) electrons. The first-order valence-corrected chi connectivity index (χ1v) is 18.2. The van der Waals surface area contributed by atoms with Crippen molar-refractivity contribution in [3.8, 4) is 0 Å². The predicted molar refractivity (Wildman–Crippen MR) is 103 cm³/mol. The van der Waals surface area contributed by atoms with Crippen LogP contribution in [0.2, 0.25) is 0 Å². The van der Waals surface area contributed by atoms with Crippen LogP contribution in [0.4, 0.5) is 0 Å². The minimum atomic E-state index is 0.716. The fraction of sp³-hybridized carbons (Fsp3) is 1.00. The molecule has 9 rings (SSSR count). The summed E-state index contributed by atoms with van der Waals surface area (Å²) in [5.74, 6) is 6.74. The van der Waals surface area contributed by atoms with Gasteiger partial charge in [0.15, 0.2) is 0 Å². The maximum atomic E-state index is 3.19. The fourth-order valence-electron chi connectivity index (χ4n) is 9.06. The summed E-state index contributed by atoms with van der Waals surface area (Å²) in [6.45, 7) is 0. The van der Waals surface area contributed by atoms with Crippen molar-refractivity contribution in [1.82, 2.24) is 5.12 Å². The van der Waals surface area contributed by atoms with Gasteiger partial charge < -0.3 is 0 Å². The van der Waals surface area contributed by atoms with E-state index in [1.54, 1.807) is 77.0 Å². The van der Waals surface area contributed by atoms with Crippen LogP contribution in [-0.2, 0) is 11.1 Å². The molecule has 0 unspecified atom stereocenters. The normalized spacial score (nSPS) is 55.2.